The summed E-state index contributed by atoms with van der Waals surface area (Å²) in [5.41, 5.74) is 3.68. The third kappa shape index (κ3) is 5.06. The van der Waals surface area contributed by atoms with Crippen LogP contribution in [0.3, 0.4) is 0 Å². The van der Waals surface area contributed by atoms with Crippen LogP contribution in [0.2, 0.25) is 0 Å². The Labute approximate surface area is 147 Å². The number of nitrogens with zero attached hydrogens (tertiary/aromatic N) is 1. The molecule has 126 valence electrons. The van der Waals surface area contributed by atoms with Crippen LogP contribution >= 0.6 is 15.9 Å². The lowest BCUT2D eigenvalue weighted by molar-refractivity contribution is -0.123. The van der Waals surface area contributed by atoms with Gasteiger partial charge in [0.2, 0.25) is 0 Å². The number of halogens is 2. The van der Waals surface area contributed by atoms with Gasteiger partial charge in [0, 0.05) is 0 Å². The van der Waals surface area contributed by atoms with Crippen molar-refractivity contribution in [1.82, 2.24) is 5.43 Å². The summed E-state index contributed by atoms with van der Waals surface area (Å²) >= 11 is 3.34. The summed E-state index contributed by atoms with van der Waals surface area (Å²) in [5.74, 6) is 0.469. The summed E-state index contributed by atoms with van der Waals surface area (Å²) in [5, 5.41) is 3.97. The van der Waals surface area contributed by atoms with Crippen LogP contribution in [0.1, 0.15) is 12.5 Å². The van der Waals surface area contributed by atoms with Gasteiger partial charge in [0.1, 0.15) is 17.3 Å². The van der Waals surface area contributed by atoms with Crippen LogP contribution in [0.4, 0.5) is 4.39 Å². The smallest absolute Gasteiger partial charge is 0.277 e. The van der Waals surface area contributed by atoms with Gasteiger partial charge in [-0.1, -0.05) is 12.1 Å². The molecule has 7 heteroatoms. The van der Waals surface area contributed by atoms with Crippen LogP contribution in [0, 0.1) is 5.82 Å². The topological polar surface area (TPSA) is 59.9 Å². The Morgan fingerprint density at radius 3 is 2.58 bits per heavy atom. The number of hydrogen-bond donors (Lipinski definition) is 1. The summed E-state index contributed by atoms with van der Waals surface area (Å²) in [6.45, 7) is 1.53. The number of amides is 1. The van der Waals surface area contributed by atoms with E-state index in [-0.39, 0.29) is 12.4 Å². The van der Waals surface area contributed by atoms with Gasteiger partial charge >= 0.3 is 0 Å². The molecule has 0 saturated carbocycles. The molecule has 0 fully saturated rings. The molecule has 2 aromatic rings. The number of benzene rings is 2. The van der Waals surface area contributed by atoms with Gasteiger partial charge in [0.15, 0.2) is 6.61 Å². The second-order valence-corrected chi connectivity index (χ2v) is 5.68. The fraction of sp³-hybridized carbons (Fsp3) is 0.176. The van der Waals surface area contributed by atoms with Crippen molar-refractivity contribution in [2.24, 2.45) is 5.10 Å². The number of hydrogen-bond acceptors (Lipinski definition) is 4. The lowest BCUT2D eigenvalue weighted by Crippen LogP contribution is -2.25. The first-order valence-corrected chi connectivity index (χ1v) is 7.84. The van der Waals surface area contributed by atoms with Crippen molar-refractivity contribution in [3.8, 4) is 11.5 Å². The molecule has 0 saturated heterocycles. The minimum atomic E-state index is -0.404. The van der Waals surface area contributed by atoms with E-state index in [0.29, 0.717) is 21.7 Å². The first-order valence-electron chi connectivity index (χ1n) is 7.05. The molecule has 1 amide bonds. The molecule has 0 aliphatic rings. The van der Waals surface area contributed by atoms with E-state index in [1.165, 1.54) is 12.1 Å². The van der Waals surface area contributed by atoms with E-state index in [9.17, 15) is 9.18 Å². The van der Waals surface area contributed by atoms with Gasteiger partial charge in [-0.2, -0.15) is 5.10 Å². The number of hydrazone groups is 1. The number of carbonyl (C=O) groups is 1. The Morgan fingerprint density at radius 1 is 1.25 bits per heavy atom. The maximum Gasteiger partial charge on any atom is 0.277 e. The zero-order valence-corrected chi connectivity index (χ0v) is 14.8. The van der Waals surface area contributed by atoms with Crippen LogP contribution < -0.4 is 14.9 Å². The molecule has 0 bridgehead atoms. The molecule has 0 heterocycles. The zero-order chi connectivity index (χ0) is 17.5. The molecular formula is C17H16BrFN2O3. The number of carbonyl (C=O) groups excluding carboxylic acids is 1. The van der Waals surface area contributed by atoms with E-state index in [4.69, 9.17) is 9.47 Å². The molecule has 0 aliphatic heterocycles. The van der Waals surface area contributed by atoms with Crippen molar-refractivity contribution in [2.45, 2.75) is 6.92 Å². The summed E-state index contributed by atoms with van der Waals surface area (Å²) in [6.07, 6.45) is 0. The van der Waals surface area contributed by atoms with Crippen LogP contribution in [-0.2, 0) is 4.79 Å². The van der Waals surface area contributed by atoms with Gasteiger partial charge in [0.25, 0.3) is 5.91 Å². The van der Waals surface area contributed by atoms with Gasteiger partial charge in [-0.25, -0.2) is 9.82 Å². The monoisotopic (exact) mass is 394 g/mol. The maximum absolute atomic E-state index is 12.9. The molecule has 24 heavy (non-hydrogen) atoms. The average Bonchev–Trinajstić information content (AvgIpc) is 2.59. The van der Waals surface area contributed by atoms with E-state index in [0.717, 1.165) is 5.56 Å². The van der Waals surface area contributed by atoms with Crippen LogP contribution in [0.15, 0.2) is 52.0 Å². The molecule has 0 atom stereocenters. The molecule has 1 N–H and O–H groups in total. The van der Waals surface area contributed by atoms with Crippen LogP contribution in [0.25, 0.3) is 0 Å². The third-order valence-electron chi connectivity index (χ3n) is 3.11. The Balaban J connectivity index is 1.89. The zero-order valence-electron chi connectivity index (χ0n) is 13.2. The number of nitrogens with one attached hydrogen (secondary N) is 1. The fourth-order valence-corrected chi connectivity index (χ4v) is 2.28. The molecule has 0 spiro atoms. The number of rotatable bonds is 6. The van der Waals surface area contributed by atoms with Crippen molar-refractivity contribution in [2.75, 3.05) is 13.7 Å². The highest BCUT2D eigenvalue weighted by Gasteiger charge is 2.07. The second-order valence-electron chi connectivity index (χ2n) is 4.82. The second kappa shape index (κ2) is 8.44. The van der Waals surface area contributed by atoms with Gasteiger partial charge in [-0.05, 0) is 58.7 Å². The van der Waals surface area contributed by atoms with Crippen molar-refractivity contribution in [3.63, 3.8) is 0 Å². The minimum Gasteiger partial charge on any atom is -0.497 e. The molecule has 2 aromatic carbocycles. The van der Waals surface area contributed by atoms with E-state index in [2.05, 4.69) is 26.5 Å². The SMILES string of the molecule is COc1ccc(OCC(=O)NN=C(C)c2ccc(F)cc2)c(Br)c1. The van der Waals surface area contributed by atoms with Gasteiger partial charge in [-0.3, -0.25) is 4.79 Å². The van der Waals surface area contributed by atoms with E-state index >= 15 is 0 Å². The van der Waals surface area contributed by atoms with E-state index in [1.807, 2.05) is 0 Å². The van der Waals surface area contributed by atoms with Crippen molar-refractivity contribution < 1.29 is 18.7 Å². The van der Waals surface area contributed by atoms with Crippen molar-refractivity contribution >= 4 is 27.5 Å². The van der Waals surface area contributed by atoms with Gasteiger partial charge in [-0.15, -0.1) is 0 Å². The van der Waals surface area contributed by atoms with Crippen LogP contribution in [0.5, 0.6) is 11.5 Å². The highest BCUT2D eigenvalue weighted by Crippen LogP contribution is 2.28. The Bertz CT molecular complexity index is 748. The summed E-state index contributed by atoms with van der Waals surface area (Å²) in [7, 11) is 1.57. The number of ether oxygens (including phenoxy) is 2. The molecule has 0 unspecified atom stereocenters. The lowest BCUT2D eigenvalue weighted by Gasteiger charge is -2.09. The molecule has 0 radical (unpaired) electrons. The lowest BCUT2D eigenvalue weighted by atomic mass is 10.1. The maximum atomic E-state index is 12.9. The first-order chi connectivity index (χ1) is 11.5. The Morgan fingerprint density at radius 2 is 1.96 bits per heavy atom. The largest absolute Gasteiger partial charge is 0.497 e. The predicted octanol–water partition coefficient (Wildman–Crippen LogP) is 3.52. The Hall–Kier alpha value is -2.41. The predicted molar refractivity (Wildman–Crippen MR) is 92.9 cm³/mol. The quantitative estimate of drug-likeness (QED) is 0.602. The van der Waals surface area contributed by atoms with Gasteiger partial charge < -0.3 is 9.47 Å². The highest BCUT2D eigenvalue weighted by atomic mass is 79.9. The van der Waals surface area contributed by atoms with E-state index < -0.39 is 5.91 Å². The minimum absolute atomic E-state index is 0.189. The summed E-state index contributed by atoms with van der Waals surface area (Å²) < 4.78 is 24.1. The molecule has 2 rings (SSSR count). The molecular weight excluding hydrogens is 379 g/mol. The molecule has 0 aliphatic carbocycles. The normalized spacial score (nSPS) is 11.1. The standard InChI is InChI=1S/C17H16BrFN2O3/c1-11(12-3-5-13(19)6-4-12)20-21-17(22)10-24-16-8-7-14(23-2)9-15(16)18/h3-9H,10H2,1-2H3,(H,21,22). The highest BCUT2D eigenvalue weighted by molar-refractivity contribution is 9.10. The van der Waals surface area contributed by atoms with E-state index in [1.54, 1.807) is 44.4 Å². The van der Waals surface area contributed by atoms with Crippen LogP contribution in [-0.4, -0.2) is 25.3 Å². The average molecular weight is 395 g/mol. The number of methoxy groups -OCH3 is 1. The molecule has 0 aromatic heterocycles. The van der Waals surface area contributed by atoms with Crippen molar-refractivity contribution in [1.29, 1.82) is 0 Å². The molecule has 5 nitrogen and oxygen atoms in total. The van der Waals surface area contributed by atoms with Gasteiger partial charge in [0.05, 0.1) is 17.3 Å². The summed E-state index contributed by atoms with van der Waals surface area (Å²) in [6, 6.07) is 11.0. The Kier molecular flexibility index (Phi) is 6.31. The third-order valence-corrected chi connectivity index (χ3v) is 3.73. The summed E-state index contributed by atoms with van der Waals surface area (Å²) in [4.78, 5) is 11.8. The first kappa shape index (κ1) is 17.9. The van der Waals surface area contributed by atoms with Crippen molar-refractivity contribution in [3.05, 3.63) is 58.3 Å². The fourth-order valence-electron chi connectivity index (χ4n) is 1.80.